The van der Waals surface area contributed by atoms with Gasteiger partial charge >= 0.3 is 0 Å². The van der Waals surface area contributed by atoms with Crippen LogP contribution in [-0.4, -0.2) is 42.2 Å². The highest BCUT2D eigenvalue weighted by atomic mass is 32.1. The first-order chi connectivity index (χ1) is 15.8. The van der Waals surface area contributed by atoms with Crippen molar-refractivity contribution >= 4 is 29.2 Å². The van der Waals surface area contributed by atoms with E-state index in [4.69, 9.17) is 0 Å². The van der Waals surface area contributed by atoms with E-state index in [-0.39, 0.29) is 17.7 Å². The fourth-order valence-corrected chi connectivity index (χ4v) is 5.16. The van der Waals surface area contributed by atoms with Gasteiger partial charge in [-0.25, -0.2) is 9.67 Å². The maximum Gasteiger partial charge on any atom is 0.271 e. The minimum absolute atomic E-state index is 0.0628. The highest BCUT2D eigenvalue weighted by Gasteiger charge is 2.33. The zero-order chi connectivity index (χ0) is 23.5. The average Bonchev–Trinajstić information content (AvgIpc) is 3.38. The van der Waals surface area contributed by atoms with Crippen molar-refractivity contribution in [3.63, 3.8) is 0 Å². The molecule has 0 aromatic carbocycles. The maximum atomic E-state index is 13.3. The number of amides is 2. The maximum absolute atomic E-state index is 13.3. The standard InChI is InChI=1S/C23H29N7O2S/c1-13-5-7-16(8-6-13)21(27-22(31)18-12-25-29-30(18)4)23(32)26-19-10-9-17(11-24-19)20-14(2)28-33-15(20)3/h9-13,16,21H,5-8H2,1-4H3,(H,27,31)(H,24,26,32). The van der Waals surface area contributed by atoms with Gasteiger partial charge in [-0.3, -0.25) is 9.59 Å². The molecular formula is C23H29N7O2S. The molecule has 1 fully saturated rings. The van der Waals surface area contributed by atoms with Crippen LogP contribution in [0.5, 0.6) is 0 Å². The van der Waals surface area contributed by atoms with Gasteiger partial charge in [0.2, 0.25) is 5.91 Å². The second-order valence-electron chi connectivity index (χ2n) is 8.83. The lowest BCUT2D eigenvalue weighted by atomic mass is 9.79. The third kappa shape index (κ3) is 5.11. The molecule has 4 rings (SSSR count). The molecule has 1 saturated carbocycles. The van der Waals surface area contributed by atoms with Crippen molar-refractivity contribution in [3.05, 3.63) is 40.8 Å². The lowest BCUT2D eigenvalue weighted by molar-refractivity contribution is -0.119. The van der Waals surface area contributed by atoms with Gasteiger partial charge in [0.25, 0.3) is 5.91 Å². The molecule has 0 bridgehead atoms. The largest absolute Gasteiger partial charge is 0.339 e. The number of hydrogen-bond donors (Lipinski definition) is 2. The van der Waals surface area contributed by atoms with Crippen LogP contribution in [0.25, 0.3) is 11.1 Å². The first-order valence-corrected chi connectivity index (χ1v) is 12.0. The molecule has 1 unspecified atom stereocenters. The van der Waals surface area contributed by atoms with Crippen LogP contribution in [0.4, 0.5) is 5.82 Å². The molecule has 9 nitrogen and oxygen atoms in total. The molecule has 2 amide bonds. The zero-order valence-electron chi connectivity index (χ0n) is 19.3. The topological polar surface area (TPSA) is 115 Å². The van der Waals surface area contributed by atoms with Crippen LogP contribution in [0.2, 0.25) is 0 Å². The van der Waals surface area contributed by atoms with Gasteiger partial charge in [0.1, 0.15) is 17.6 Å². The molecule has 1 aliphatic carbocycles. The minimum atomic E-state index is -0.660. The summed E-state index contributed by atoms with van der Waals surface area (Å²) < 4.78 is 5.79. The Hall–Kier alpha value is -3.14. The predicted octanol–water partition coefficient (Wildman–Crippen LogP) is 3.51. The third-order valence-corrected chi connectivity index (χ3v) is 7.23. The van der Waals surface area contributed by atoms with Gasteiger partial charge in [0, 0.05) is 29.2 Å². The van der Waals surface area contributed by atoms with Crippen molar-refractivity contribution in [1.82, 2.24) is 29.7 Å². The summed E-state index contributed by atoms with van der Waals surface area (Å²) in [4.78, 5) is 31.7. The molecule has 0 aliphatic heterocycles. The molecule has 0 spiro atoms. The van der Waals surface area contributed by atoms with Crippen molar-refractivity contribution in [2.45, 2.75) is 52.5 Å². The van der Waals surface area contributed by atoms with E-state index in [0.29, 0.717) is 17.4 Å². The Morgan fingerprint density at radius 1 is 1.15 bits per heavy atom. The Labute approximate surface area is 197 Å². The quantitative estimate of drug-likeness (QED) is 0.573. The van der Waals surface area contributed by atoms with Crippen molar-refractivity contribution in [1.29, 1.82) is 0 Å². The molecule has 0 radical (unpaired) electrons. The Balaban J connectivity index is 1.51. The second kappa shape index (κ2) is 9.78. The number of carbonyl (C=O) groups is 2. The lowest BCUT2D eigenvalue weighted by Crippen LogP contribution is -2.49. The summed E-state index contributed by atoms with van der Waals surface area (Å²) in [6.07, 6.45) is 7.00. The molecule has 10 heteroatoms. The summed E-state index contributed by atoms with van der Waals surface area (Å²) in [5.41, 5.74) is 3.33. The van der Waals surface area contributed by atoms with Crippen molar-refractivity contribution < 1.29 is 9.59 Å². The second-order valence-corrected chi connectivity index (χ2v) is 9.81. The van der Waals surface area contributed by atoms with E-state index in [2.05, 4.69) is 37.2 Å². The summed E-state index contributed by atoms with van der Waals surface area (Å²) in [6, 6.07) is 3.06. The van der Waals surface area contributed by atoms with Gasteiger partial charge in [0.15, 0.2) is 0 Å². The SMILES string of the molecule is Cc1nsc(C)c1-c1ccc(NC(=O)C(NC(=O)c2cnnn2C)C2CCC(C)CC2)nc1. The Morgan fingerprint density at radius 3 is 2.48 bits per heavy atom. The number of aromatic nitrogens is 5. The van der Waals surface area contributed by atoms with Crippen molar-refractivity contribution in [2.24, 2.45) is 18.9 Å². The molecule has 0 saturated heterocycles. The Kier molecular flexibility index (Phi) is 6.83. The number of anilines is 1. The van der Waals surface area contributed by atoms with E-state index in [1.807, 2.05) is 19.9 Å². The lowest BCUT2D eigenvalue weighted by Gasteiger charge is -2.32. The number of rotatable bonds is 6. The normalized spacial score (nSPS) is 19.2. The van der Waals surface area contributed by atoms with Crippen molar-refractivity contribution in [2.75, 3.05) is 5.32 Å². The summed E-state index contributed by atoms with van der Waals surface area (Å²) in [5, 5.41) is 13.4. The average molecular weight is 468 g/mol. The van der Waals surface area contributed by atoms with E-state index >= 15 is 0 Å². The first kappa shape index (κ1) is 23.0. The number of carbonyl (C=O) groups excluding carboxylic acids is 2. The molecule has 1 aliphatic rings. The van der Waals surface area contributed by atoms with E-state index in [1.54, 1.807) is 19.3 Å². The molecule has 33 heavy (non-hydrogen) atoms. The Morgan fingerprint density at radius 2 is 1.91 bits per heavy atom. The summed E-state index contributed by atoms with van der Waals surface area (Å²) >= 11 is 1.47. The van der Waals surface area contributed by atoms with Crippen LogP contribution < -0.4 is 10.6 Å². The fraction of sp³-hybridized carbons (Fsp3) is 0.478. The van der Waals surface area contributed by atoms with E-state index in [9.17, 15) is 9.59 Å². The number of nitrogens with one attached hydrogen (secondary N) is 2. The van der Waals surface area contributed by atoms with Crippen LogP contribution >= 0.6 is 11.5 Å². The van der Waals surface area contributed by atoms with Gasteiger partial charge < -0.3 is 10.6 Å². The third-order valence-electron chi connectivity index (χ3n) is 6.38. The number of pyridine rings is 1. The Bertz CT molecular complexity index is 1110. The number of hydrogen-bond acceptors (Lipinski definition) is 7. The monoisotopic (exact) mass is 467 g/mol. The molecule has 1 atom stereocenters. The van der Waals surface area contributed by atoms with Crippen molar-refractivity contribution in [3.8, 4) is 11.1 Å². The van der Waals surface area contributed by atoms with Gasteiger partial charge in [-0.15, -0.1) is 5.10 Å². The smallest absolute Gasteiger partial charge is 0.271 e. The fourth-order valence-electron chi connectivity index (χ4n) is 4.44. The molecule has 2 N–H and O–H groups in total. The van der Waals surface area contributed by atoms with Gasteiger partial charge in [0.05, 0.1) is 11.9 Å². The van der Waals surface area contributed by atoms with Crippen LogP contribution in [0.1, 0.15) is 53.7 Å². The summed E-state index contributed by atoms with van der Waals surface area (Å²) in [7, 11) is 1.65. The highest BCUT2D eigenvalue weighted by Crippen LogP contribution is 2.32. The summed E-state index contributed by atoms with van der Waals surface area (Å²) in [5.74, 6) is 0.527. The van der Waals surface area contributed by atoms with Gasteiger partial charge in [-0.2, -0.15) is 4.37 Å². The van der Waals surface area contributed by atoms with E-state index < -0.39 is 6.04 Å². The molecule has 174 valence electrons. The zero-order valence-corrected chi connectivity index (χ0v) is 20.1. The first-order valence-electron chi connectivity index (χ1n) is 11.2. The van der Waals surface area contributed by atoms with Crippen LogP contribution in [0.3, 0.4) is 0 Å². The van der Waals surface area contributed by atoms with Crippen LogP contribution in [0, 0.1) is 25.7 Å². The molecule has 3 heterocycles. The van der Waals surface area contributed by atoms with E-state index in [0.717, 1.165) is 47.4 Å². The molecule has 3 aromatic heterocycles. The number of nitrogens with zero attached hydrogens (tertiary/aromatic N) is 5. The number of aryl methyl sites for hydroxylation is 3. The van der Waals surface area contributed by atoms with Gasteiger partial charge in [-0.1, -0.05) is 25.0 Å². The van der Waals surface area contributed by atoms with Gasteiger partial charge in [-0.05, 0) is 62.2 Å². The highest BCUT2D eigenvalue weighted by molar-refractivity contribution is 7.06. The molecule has 3 aromatic rings. The molecular weight excluding hydrogens is 438 g/mol. The predicted molar refractivity (Wildman–Crippen MR) is 127 cm³/mol. The van der Waals surface area contributed by atoms with E-state index in [1.165, 1.54) is 22.4 Å². The summed E-state index contributed by atoms with van der Waals surface area (Å²) in [6.45, 7) is 6.24. The van der Waals surface area contributed by atoms with Crippen LogP contribution in [-0.2, 0) is 11.8 Å². The van der Waals surface area contributed by atoms with Crippen LogP contribution in [0.15, 0.2) is 24.5 Å². The minimum Gasteiger partial charge on any atom is -0.339 e.